The standard InChI is InChI=1S/C15H20N4OS/c1-18-8-4-5-10(18)9-19(2)15(20)13-12(16)11-6-3-7-17-14(11)21-13/h3,6-7,10H,4-5,8-9,16H2,1-2H3. The number of carbonyl (C=O) groups is 1. The van der Waals surface area contributed by atoms with E-state index in [1.165, 1.54) is 17.8 Å². The molecule has 0 bridgehead atoms. The molecule has 0 saturated carbocycles. The number of rotatable bonds is 3. The van der Waals surface area contributed by atoms with Crippen LogP contribution in [0.3, 0.4) is 0 Å². The van der Waals surface area contributed by atoms with Crippen molar-refractivity contribution < 1.29 is 4.79 Å². The lowest BCUT2D eigenvalue weighted by molar-refractivity contribution is 0.0767. The van der Waals surface area contributed by atoms with Crippen LogP contribution in [0.25, 0.3) is 10.2 Å². The van der Waals surface area contributed by atoms with E-state index >= 15 is 0 Å². The fraction of sp³-hybridized carbons (Fsp3) is 0.467. The Labute approximate surface area is 128 Å². The number of likely N-dealkylation sites (N-methyl/N-ethyl adjacent to an activating group) is 2. The average molecular weight is 304 g/mol. The normalized spacial score (nSPS) is 19.2. The summed E-state index contributed by atoms with van der Waals surface area (Å²) in [5.74, 6) is -0.00389. The first-order chi connectivity index (χ1) is 10.1. The van der Waals surface area contributed by atoms with Crippen LogP contribution in [0, 0.1) is 0 Å². The Bertz CT molecular complexity index is 669. The van der Waals surface area contributed by atoms with Gasteiger partial charge < -0.3 is 15.5 Å². The van der Waals surface area contributed by atoms with Crippen molar-refractivity contribution in [1.82, 2.24) is 14.8 Å². The molecule has 3 rings (SSSR count). The predicted octanol–water partition coefficient (Wildman–Crippen LogP) is 2.04. The molecular weight excluding hydrogens is 284 g/mol. The number of amides is 1. The fourth-order valence-electron chi connectivity index (χ4n) is 2.89. The zero-order valence-electron chi connectivity index (χ0n) is 12.4. The Hall–Kier alpha value is -1.66. The molecule has 0 radical (unpaired) electrons. The molecule has 1 saturated heterocycles. The van der Waals surface area contributed by atoms with Gasteiger partial charge in [-0.1, -0.05) is 0 Å². The van der Waals surface area contributed by atoms with E-state index in [0.29, 0.717) is 16.6 Å². The molecule has 1 fully saturated rings. The van der Waals surface area contributed by atoms with Gasteiger partial charge in [-0.05, 0) is 38.6 Å². The van der Waals surface area contributed by atoms with Crippen molar-refractivity contribution >= 4 is 33.1 Å². The van der Waals surface area contributed by atoms with E-state index in [1.54, 1.807) is 11.1 Å². The van der Waals surface area contributed by atoms with Crippen molar-refractivity contribution in [3.05, 3.63) is 23.2 Å². The number of nitrogens with zero attached hydrogens (tertiary/aromatic N) is 3. The smallest absolute Gasteiger partial charge is 0.265 e. The Morgan fingerprint density at radius 1 is 1.62 bits per heavy atom. The van der Waals surface area contributed by atoms with Gasteiger partial charge in [-0.15, -0.1) is 11.3 Å². The molecule has 1 atom stereocenters. The molecule has 21 heavy (non-hydrogen) atoms. The van der Waals surface area contributed by atoms with Gasteiger partial charge in [0.25, 0.3) is 5.91 Å². The molecule has 2 N–H and O–H groups in total. The zero-order valence-corrected chi connectivity index (χ0v) is 13.2. The number of nitrogen functional groups attached to an aromatic ring is 1. The van der Waals surface area contributed by atoms with Gasteiger partial charge in [-0.2, -0.15) is 0 Å². The average Bonchev–Trinajstić information content (AvgIpc) is 3.03. The minimum atomic E-state index is -0.00389. The molecule has 0 spiro atoms. The number of hydrogen-bond acceptors (Lipinski definition) is 5. The van der Waals surface area contributed by atoms with Crippen molar-refractivity contribution in [3.63, 3.8) is 0 Å². The highest BCUT2D eigenvalue weighted by Gasteiger charge is 2.26. The number of thiophene rings is 1. The van der Waals surface area contributed by atoms with Gasteiger partial charge in [0, 0.05) is 31.2 Å². The van der Waals surface area contributed by atoms with E-state index < -0.39 is 0 Å². The predicted molar refractivity (Wildman–Crippen MR) is 86.6 cm³/mol. The number of carbonyl (C=O) groups excluding carboxylic acids is 1. The third-order valence-corrected chi connectivity index (χ3v) is 5.32. The number of aromatic nitrogens is 1. The first-order valence-electron chi connectivity index (χ1n) is 7.16. The molecule has 3 heterocycles. The van der Waals surface area contributed by atoms with Crippen LogP contribution in [0.15, 0.2) is 18.3 Å². The highest BCUT2D eigenvalue weighted by molar-refractivity contribution is 7.21. The molecule has 1 amide bonds. The maximum Gasteiger partial charge on any atom is 0.265 e. The molecule has 0 aromatic carbocycles. The zero-order chi connectivity index (χ0) is 15.0. The van der Waals surface area contributed by atoms with Crippen LogP contribution in [0.4, 0.5) is 5.69 Å². The summed E-state index contributed by atoms with van der Waals surface area (Å²) in [6, 6.07) is 4.21. The second kappa shape index (κ2) is 5.61. The van der Waals surface area contributed by atoms with Crippen LogP contribution >= 0.6 is 11.3 Å². The molecular formula is C15H20N4OS. The van der Waals surface area contributed by atoms with Crippen LogP contribution < -0.4 is 5.73 Å². The molecule has 112 valence electrons. The van der Waals surface area contributed by atoms with E-state index in [4.69, 9.17) is 5.73 Å². The van der Waals surface area contributed by atoms with Crippen molar-refractivity contribution in [1.29, 1.82) is 0 Å². The summed E-state index contributed by atoms with van der Waals surface area (Å²) >= 11 is 1.38. The van der Waals surface area contributed by atoms with Crippen LogP contribution in [-0.2, 0) is 0 Å². The van der Waals surface area contributed by atoms with E-state index in [1.807, 2.05) is 19.2 Å². The lowest BCUT2D eigenvalue weighted by Crippen LogP contribution is -2.39. The largest absolute Gasteiger partial charge is 0.397 e. The Kier molecular flexibility index (Phi) is 3.82. The maximum atomic E-state index is 12.6. The first kappa shape index (κ1) is 14.3. The monoisotopic (exact) mass is 304 g/mol. The maximum absolute atomic E-state index is 12.6. The summed E-state index contributed by atoms with van der Waals surface area (Å²) in [4.78, 5) is 22.5. The van der Waals surface area contributed by atoms with Crippen molar-refractivity contribution in [2.24, 2.45) is 0 Å². The number of pyridine rings is 1. The Morgan fingerprint density at radius 3 is 3.10 bits per heavy atom. The number of likely N-dealkylation sites (tertiary alicyclic amines) is 1. The Morgan fingerprint density at radius 2 is 2.43 bits per heavy atom. The quantitative estimate of drug-likeness (QED) is 0.942. The number of hydrogen-bond donors (Lipinski definition) is 1. The Balaban J connectivity index is 1.81. The SMILES string of the molecule is CN(CC1CCCN1C)C(=O)c1sc2ncccc2c1N. The summed E-state index contributed by atoms with van der Waals surface area (Å²) in [5.41, 5.74) is 6.68. The number of fused-ring (bicyclic) bond motifs is 1. The van der Waals surface area contributed by atoms with Gasteiger partial charge in [0.05, 0.1) is 5.69 Å². The second-order valence-electron chi connectivity index (χ2n) is 5.66. The topological polar surface area (TPSA) is 62.5 Å². The van der Waals surface area contributed by atoms with Gasteiger partial charge in [0.15, 0.2) is 0 Å². The third-order valence-electron chi connectivity index (χ3n) is 4.20. The minimum Gasteiger partial charge on any atom is -0.397 e. The van der Waals surface area contributed by atoms with Crippen molar-refractivity contribution in [2.75, 3.05) is 32.9 Å². The summed E-state index contributed by atoms with van der Waals surface area (Å²) in [6.07, 6.45) is 4.08. The van der Waals surface area contributed by atoms with Crippen molar-refractivity contribution in [3.8, 4) is 0 Å². The summed E-state index contributed by atoms with van der Waals surface area (Å²) in [6.45, 7) is 1.86. The van der Waals surface area contributed by atoms with Gasteiger partial charge in [0.1, 0.15) is 9.71 Å². The minimum absolute atomic E-state index is 0.00389. The summed E-state index contributed by atoms with van der Waals surface area (Å²) in [7, 11) is 3.97. The molecule has 2 aromatic heterocycles. The number of nitrogens with two attached hydrogens (primary N) is 1. The van der Waals surface area contributed by atoms with E-state index in [0.717, 1.165) is 29.7 Å². The molecule has 5 nitrogen and oxygen atoms in total. The van der Waals surface area contributed by atoms with Gasteiger partial charge in [-0.3, -0.25) is 4.79 Å². The molecule has 1 aliphatic heterocycles. The van der Waals surface area contributed by atoms with Crippen LogP contribution in [-0.4, -0.2) is 53.9 Å². The summed E-state index contributed by atoms with van der Waals surface area (Å²) in [5, 5.41) is 0.872. The van der Waals surface area contributed by atoms with E-state index in [-0.39, 0.29) is 5.91 Å². The fourth-order valence-corrected chi connectivity index (χ4v) is 3.95. The highest BCUT2D eigenvalue weighted by atomic mass is 32.1. The van der Waals surface area contributed by atoms with Gasteiger partial charge in [-0.25, -0.2) is 4.98 Å². The number of anilines is 1. The molecule has 6 heteroatoms. The third kappa shape index (κ3) is 2.61. The molecule has 1 unspecified atom stereocenters. The van der Waals surface area contributed by atoms with E-state index in [2.05, 4.69) is 16.9 Å². The van der Waals surface area contributed by atoms with Crippen LogP contribution in [0.2, 0.25) is 0 Å². The molecule has 0 aliphatic carbocycles. The lowest BCUT2D eigenvalue weighted by atomic mass is 10.2. The van der Waals surface area contributed by atoms with Gasteiger partial charge >= 0.3 is 0 Å². The molecule has 2 aromatic rings. The van der Waals surface area contributed by atoms with Crippen LogP contribution in [0.1, 0.15) is 22.5 Å². The first-order valence-corrected chi connectivity index (χ1v) is 7.98. The highest BCUT2D eigenvalue weighted by Crippen LogP contribution is 2.32. The van der Waals surface area contributed by atoms with Gasteiger partial charge in [0.2, 0.25) is 0 Å². The second-order valence-corrected chi connectivity index (χ2v) is 6.66. The van der Waals surface area contributed by atoms with E-state index in [9.17, 15) is 4.79 Å². The molecule has 1 aliphatic rings. The summed E-state index contributed by atoms with van der Waals surface area (Å²) < 4.78 is 0. The van der Waals surface area contributed by atoms with Crippen molar-refractivity contribution in [2.45, 2.75) is 18.9 Å². The lowest BCUT2D eigenvalue weighted by Gasteiger charge is -2.25. The van der Waals surface area contributed by atoms with Crippen LogP contribution in [0.5, 0.6) is 0 Å².